The highest BCUT2D eigenvalue weighted by molar-refractivity contribution is 8.01. The molecule has 0 aliphatic carbocycles. The number of hydrogen-bond acceptors (Lipinski definition) is 5. The van der Waals surface area contributed by atoms with Crippen LogP contribution in [0.3, 0.4) is 0 Å². The molecule has 120 valence electrons. The van der Waals surface area contributed by atoms with Crippen molar-refractivity contribution in [3.8, 4) is 0 Å². The number of nitrogens with one attached hydrogen (secondary N) is 1. The molecule has 0 radical (unpaired) electrons. The van der Waals surface area contributed by atoms with Gasteiger partial charge in [0.15, 0.2) is 0 Å². The summed E-state index contributed by atoms with van der Waals surface area (Å²) in [5, 5.41) is 13.7. The Labute approximate surface area is 143 Å². The number of aromatic amines is 1. The lowest BCUT2D eigenvalue weighted by Gasteiger charge is -2.19. The second-order valence-corrected chi connectivity index (χ2v) is 6.79. The fraction of sp³-hybridized carbons (Fsp3) is 0.176. The van der Waals surface area contributed by atoms with Gasteiger partial charge in [0, 0.05) is 0 Å². The van der Waals surface area contributed by atoms with Crippen molar-refractivity contribution in [3.63, 3.8) is 0 Å². The summed E-state index contributed by atoms with van der Waals surface area (Å²) in [5.41, 5.74) is 2.20. The number of rotatable bonds is 4. The zero-order valence-corrected chi connectivity index (χ0v) is 13.6. The maximum Gasteiger partial charge on any atom is 0.273 e. The molecule has 0 unspecified atom stereocenters. The van der Waals surface area contributed by atoms with E-state index in [9.17, 15) is 4.79 Å². The van der Waals surface area contributed by atoms with Crippen LogP contribution in [0.25, 0.3) is 0 Å². The van der Waals surface area contributed by atoms with Crippen molar-refractivity contribution in [1.29, 1.82) is 0 Å². The standard InChI is InChI=1S/C17H15N5OS/c23-15-14(11-12-7-3-1-4-8-12)24-16(13-9-5-2-6-10-13)22(15)17-18-20-21-19-17/h1-10,14,16H,11H2,(H,18,19,20,21)/t14-,16+/m0/s1. The van der Waals surface area contributed by atoms with Gasteiger partial charge >= 0.3 is 0 Å². The smallest absolute Gasteiger partial charge is 0.273 e. The molecule has 1 N–H and O–H groups in total. The third-order valence-corrected chi connectivity index (χ3v) is 5.38. The van der Waals surface area contributed by atoms with Gasteiger partial charge in [-0.1, -0.05) is 65.8 Å². The van der Waals surface area contributed by atoms with Crippen molar-refractivity contribution in [2.45, 2.75) is 17.0 Å². The normalized spacial score (nSPS) is 20.5. The minimum absolute atomic E-state index is 0.0131. The number of carbonyl (C=O) groups excluding carboxylic acids is 1. The Hall–Kier alpha value is -2.67. The van der Waals surface area contributed by atoms with Crippen molar-refractivity contribution >= 4 is 23.6 Å². The molecule has 4 rings (SSSR count). The average molecular weight is 337 g/mol. The highest BCUT2D eigenvalue weighted by Crippen LogP contribution is 2.45. The molecule has 6 nitrogen and oxygen atoms in total. The zero-order valence-electron chi connectivity index (χ0n) is 12.7. The SMILES string of the molecule is O=C1[C@H](Cc2ccccc2)S[C@H](c2ccccc2)N1c1nn[nH]n1. The second kappa shape index (κ2) is 6.45. The van der Waals surface area contributed by atoms with E-state index in [4.69, 9.17) is 0 Å². The van der Waals surface area contributed by atoms with Crippen molar-refractivity contribution in [3.05, 3.63) is 71.8 Å². The second-order valence-electron chi connectivity index (χ2n) is 5.50. The number of carbonyl (C=O) groups is 1. The fourth-order valence-electron chi connectivity index (χ4n) is 2.82. The molecule has 1 aromatic heterocycles. The van der Waals surface area contributed by atoms with Gasteiger partial charge in [-0.3, -0.25) is 9.69 Å². The molecule has 24 heavy (non-hydrogen) atoms. The van der Waals surface area contributed by atoms with Crippen LogP contribution in [0.15, 0.2) is 60.7 Å². The quantitative estimate of drug-likeness (QED) is 0.792. The fourth-order valence-corrected chi connectivity index (χ4v) is 4.28. The lowest BCUT2D eigenvalue weighted by atomic mass is 10.1. The molecule has 0 bridgehead atoms. The van der Waals surface area contributed by atoms with Gasteiger partial charge in [-0.25, -0.2) is 0 Å². The third-order valence-electron chi connectivity index (χ3n) is 3.94. The molecule has 1 amide bonds. The van der Waals surface area contributed by atoms with E-state index in [0.29, 0.717) is 12.4 Å². The number of amides is 1. The van der Waals surface area contributed by atoms with Gasteiger partial charge < -0.3 is 0 Å². The van der Waals surface area contributed by atoms with Crippen molar-refractivity contribution in [2.24, 2.45) is 0 Å². The summed E-state index contributed by atoms with van der Waals surface area (Å²) in [6.45, 7) is 0. The van der Waals surface area contributed by atoms with Crippen LogP contribution in [-0.4, -0.2) is 31.8 Å². The first-order valence-corrected chi connectivity index (χ1v) is 8.58. The maximum absolute atomic E-state index is 13.0. The number of tetrazole rings is 1. The molecule has 1 saturated heterocycles. The first-order valence-electron chi connectivity index (χ1n) is 7.64. The van der Waals surface area contributed by atoms with Crippen LogP contribution >= 0.6 is 11.8 Å². The van der Waals surface area contributed by atoms with Crippen molar-refractivity contribution in [2.75, 3.05) is 4.90 Å². The van der Waals surface area contributed by atoms with Crippen LogP contribution in [0.2, 0.25) is 0 Å². The molecule has 1 fully saturated rings. The molecule has 3 aromatic rings. The van der Waals surface area contributed by atoms with Crippen molar-refractivity contribution in [1.82, 2.24) is 20.6 Å². The van der Waals surface area contributed by atoms with Crippen LogP contribution in [0, 0.1) is 0 Å². The molecular weight excluding hydrogens is 322 g/mol. The molecule has 2 aromatic carbocycles. The predicted molar refractivity (Wildman–Crippen MR) is 92.4 cm³/mol. The third kappa shape index (κ3) is 2.78. The van der Waals surface area contributed by atoms with Gasteiger partial charge in [0.25, 0.3) is 5.95 Å². The Balaban J connectivity index is 1.66. The highest BCUT2D eigenvalue weighted by atomic mass is 32.2. The van der Waals surface area contributed by atoms with E-state index in [1.807, 2.05) is 60.7 Å². The number of hydrogen-bond donors (Lipinski definition) is 1. The summed E-state index contributed by atoms with van der Waals surface area (Å²) in [5.74, 6) is 0.330. The minimum atomic E-state index is -0.170. The Morgan fingerprint density at radius 2 is 1.75 bits per heavy atom. The first-order chi connectivity index (χ1) is 11.8. The van der Waals surface area contributed by atoms with E-state index in [0.717, 1.165) is 11.1 Å². The first kappa shape index (κ1) is 14.9. The van der Waals surface area contributed by atoms with E-state index in [-0.39, 0.29) is 16.5 Å². The lowest BCUT2D eigenvalue weighted by molar-refractivity contribution is -0.117. The largest absolute Gasteiger partial charge is 0.273 e. The topological polar surface area (TPSA) is 74.8 Å². The Kier molecular flexibility index (Phi) is 4.00. The summed E-state index contributed by atoms with van der Waals surface area (Å²) in [7, 11) is 0. The molecule has 1 aliphatic heterocycles. The van der Waals surface area contributed by atoms with Gasteiger partial charge in [0.1, 0.15) is 5.37 Å². The summed E-state index contributed by atoms with van der Waals surface area (Å²) >= 11 is 1.63. The molecule has 0 spiro atoms. The number of aromatic nitrogens is 4. The van der Waals surface area contributed by atoms with Gasteiger partial charge in [0.05, 0.1) is 5.25 Å². The summed E-state index contributed by atoms with van der Waals surface area (Å²) in [4.78, 5) is 14.6. The van der Waals surface area contributed by atoms with Crippen LogP contribution in [0.5, 0.6) is 0 Å². The Morgan fingerprint density at radius 3 is 2.42 bits per heavy atom. The number of anilines is 1. The van der Waals surface area contributed by atoms with E-state index >= 15 is 0 Å². The number of benzene rings is 2. The lowest BCUT2D eigenvalue weighted by Crippen LogP contribution is -2.32. The Bertz CT molecular complexity index is 810. The monoisotopic (exact) mass is 337 g/mol. The van der Waals surface area contributed by atoms with E-state index < -0.39 is 0 Å². The number of thioether (sulfide) groups is 1. The summed E-state index contributed by atoms with van der Waals surface area (Å²) in [6, 6.07) is 20.0. The van der Waals surface area contributed by atoms with Gasteiger partial charge in [-0.2, -0.15) is 5.21 Å². The van der Waals surface area contributed by atoms with Crippen LogP contribution < -0.4 is 4.90 Å². The molecule has 2 atom stereocenters. The van der Waals surface area contributed by atoms with Gasteiger partial charge in [-0.05, 0) is 22.8 Å². The predicted octanol–water partition coefficient (Wildman–Crippen LogP) is 2.59. The molecule has 2 heterocycles. The summed E-state index contributed by atoms with van der Waals surface area (Å²) in [6.07, 6.45) is 0.683. The number of H-pyrrole nitrogens is 1. The number of nitrogens with zero attached hydrogens (tertiary/aromatic N) is 4. The molecule has 7 heteroatoms. The van der Waals surface area contributed by atoms with E-state index in [1.54, 1.807) is 16.7 Å². The molecule has 0 saturated carbocycles. The van der Waals surface area contributed by atoms with Crippen LogP contribution in [-0.2, 0) is 11.2 Å². The maximum atomic E-state index is 13.0. The van der Waals surface area contributed by atoms with Crippen LogP contribution in [0.1, 0.15) is 16.5 Å². The van der Waals surface area contributed by atoms with Gasteiger partial charge in [-0.15, -0.1) is 16.9 Å². The average Bonchev–Trinajstić information content (AvgIpc) is 3.25. The van der Waals surface area contributed by atoms with E-state index in [2.05, 4.69) is 20.6 Å². The van der Waals surface area contributed by atoms with Crippen molar-refractivity contribution < 1.29 is 4.79 Å². The highest BCUT2D eigenvalue weighted by Gasteiger charge is 2.43. The molecular formula is C17H15N5OS. The van der Waals surface area contributed by atoms with Gasteiger partial charge in [0.2, 0.25) is 5.91 Å². The Morgan fingerprint density at radius 1 is 1.04 bits per heavy atom. The van der Waals surface area contributed by atoms with Crippen LogP contribution in [0.4, 0.5) is 5.95 Å². The molecule has 1 aliphatic rings. The summed E-state index contributed by atoms with van der Waals surface area (Å²) < 4.78 is 0. The van der Waals surface area contributed by atoms with E-state index in [1.165, 1.54) is 0 Å². The zero-order chi connectivity index (χ0) is 16.4. The minimum Gasteiger partial charge on any atom is -0.273 e.